The molecule has 0 saturated carbocycles. The number of hydrogen-bond acceptors (Lipinski definition) is 6. The minimum atomic E-state index is -0.140. The van der Waals surface area contributed by atoms with Crippen LogP contribution in [0.5, 0.6) is 17.2 Å². The van der Waals surface area contributed by atoms with Crippen molar-refractivity contribution in [3.63, 3.8) is 0 Å². The molecule has 2 heterocycles. The topological polar surface area (TPSA) is 100 Å². The molecular formula is C27H35N3O5. The van der Waals surface area contributed by atoms with E-state index >= 15 is 0 Å². The monoisotopic (exact) mass is 481 g/mol. The van der Waals surface area contributed by atoms with E-state index in [9.17, 15) is 14.7 Å². The summed E-state index contributed by atoms with van der Waals surface area (Å²) in [6.07, 6.45) is 2.19. The molecule has 3 N–H and O–H groups in total. The lowest BCUT2D eigenvalue weighted by Crippen LogP contribution is -2.44. The van der Waals surface area contributed by atoms with Gasteiger partial charge in [-0.25, -0.2) is 0 Å². The molecule has 2 aliphatic heterocycles. The van der Waals surface area contributed by atoms with Gasteiger partial charge in [0.2, 0.25) is 11.8 Å². The molecule has 4 rings (SSSR count). The third-order valence-electron chi connectivity index (χ3n) is 6.60. The summed E-state index contributed by atoms with van der Waals surface area (Å²) in [7, 11) is 0. The molecule has 2 aromatic rings. The van der Waals surface area contributed by atoms with Crippen molar-refractivity contribution in [1.82, 2.24) is 10.2 Å². The van der Waals surface area contributed by atoms with Gasteiger partial charge in [0.25, 0.3) is 0 Å². The number of aromatic hydroxyl groups is 1. The molecule has 0 radical (unpaired) electrons. The van der Waals surface area contributed by atoms with Crippen LogP contribution >= 0.6 is 0 Å². The number of fused-ring (bicyclic) bond motifs is 1. The average Bonchev–Trinajstić information content (AvgIpc) is 3.09. The largest absolute Gasteiger partial charge is 0.506 e. The van der Waals surface area contributed by atoms with Gasteiger partial charge in [0, 0.05) is 12.3 Å². The molecule has 2 amide bonds. The number of para-hydroxylation sites is 2. The van der Waals surface area contributed by atoms with Crippen molar-refractivity contribution in [3.05, 3.63) is 48.0 Å². The van der Waals surface area contributed by atoms with Crippen LogP contribution in [-0.2, 0) is 9.59 Å². The van der Waals surface area contributed by atoms with Crippen LogP contribution in [0.15, 0.2) is 42.5 Å². The minimum Gasteiger partial charge on any atom is -0.506 e. The highest BCUT2D eigenvalue weighted by molar-refractivity contribution is 5.94. The Bertz CT molecular complexity index is 1030. The first-order valence-electron chi connectivity index (χ1n) is 12.4. The number of rotatable bonds is 7. The fourth-order valence-corrected chi connectivity index (χ4v) is 4.60. The van der Waals surface area contributed by atoms with E-state index in [-0.39, 0.29) is 35.4 Å². The van der Waals surface area contributed by atoms with Gasteiger partial charge in [-0.15, -0.1) is 0 Å². The van der Waals surface area contributed by atoms with Crippen LogP contribution in [0, 0.1) is 11.8 Å². The van der Waals surface area contributed by atoms with E-state index in [1.807, 2.05) is 18.2 Å². The molecule has 35 heavy (non-hydrogen) atoms. The van der Waals surface area contributed by atoms with Crippen molar-refractivity contribution >= 4 is 17.5 Å². The number of amides is 2. The second-order valence-corrected chi connectivity index (χ2v) is 9.60. The Labute approximate surface area is 206 Å². The number of anilines is 1. The highest BCUT2D eigenvalue weighted by atomic mass is 16.5. The Morgan fingerprint density at radius 3 is 2.49 bits per heavy atom. The first kappa shape index (κ1) is 24.9. The average molecular weight is 482 g/mol. The minimum absolute atomic E-state index is 0.0343. The number of nitrogens with zero attached hydrogens (tertiary/aromatic N) is 1. The molecule has 0 unspecified atom stereocenters. The standard InChI is InChI=1S/C27H35N3O5/c1-18(2)26(20-8-9-23-24(16-20)35-15-5-14-34-23)29-25(32)17-30-12-10-19(11-13-30)27(33)28-21-6-3-4-7-22(21)31/h3-4,6-9,16,18-19,26,31H,5,10-15,17H2,1-2H3,(H,28,33)(H,29,32)/t26-/m1/s1. The molecular weight excluding hydrogens is 446 g/mol. The zero-order chi connectivity index (χ0) is 24.8. The van der Waals surface area contributed by atoms with Crippen molar-refractivity contribution in [1.29, 1.82) is 0 Å². The smallest absolute Gasteiger partial charge is 0.234 e. The zero-order valence-electron chi connectivity index (χ0n) is 20.5. The van der Waals surface area contributed by atoms with E-state index in [0.717, 1.165) is 23.5 Å². The molecule has 188 valence electrons. The van der Waals surface area contributed by atoms with Crippen molar-refractivity contribution in [2.45, 2.75) is 39.2 Å². The number of piperidine rings is 1. The van der Waals surface area contributed by atoms with Crippen molar-refractivity contribution in [2.24, 2.45) is 11.8 Å². The number of carbonyl (C=O) groups excluding carboxylic acids is 2. The van der Waals surface area contributed by atoms with Crippen LogP contribution in [0.3, 0.4) is 0 Å². The molecule has 1 saturated heterocycles. The zero-order valence-corrected chi connectivity index (χ0v) is 20.5. The Hall–Kier alpha value is -3.26. The van der Waals surface area contributed by atoms with E-state index in [1.165, 1.54) is 0 Å². The maximum Gasteiger partial charge on any atom is 0.234 e. The van der Waals surface area contributed by atoms with Gasteiger partial charge in [0.15, 0.2) is 11.5 Å². The van der Waals surface area contributed by atoms with Crippen LogP contribution in [0.1, 0.15) is 44.7 Å². The number of benzene rings is 2. The second-order valence-electron chi connectivity index (χ2n) is 9.60. The van der Waals surface area contributed by atoms with Crippen molar-refractivity contribution < 1.29 is 24.2 Å². The fourth-order valence-electron chi connectivity index (χ4n) is 4.60. The van der Waals surface area contributed by atoms with Crippen molar-refractivity contribution in [3.8, 4) is 17.2 Å². The first-order chi connectivity index (χ1) is 16.9. The summed E-state index contributed by atoms with van der Waals surface area (Å²) in [6, 6.07) is 12.5. The normalized spacial score (nSPS) is 17.5. The Balaban J connectivity index is 1.29. The lowest BCUT2D eigenvalue weighted by Gasteiger charge is -2.31. The first-order valence-corrected chi connectivity index (χ1v) is 12.4. The van der Waals surface area contributed by atoms with Crippen LogP contribution in [0.2, 0.25) is 0 Å². The van der Waals surface area contributed by atoms with Crippen LogP contribution in [-0.4, -0.2) is 54.7 Å². The number of likely N-dealkylation sites (tertiary alicyclic amines) is 1. The van der Waals surface area contributed by atoms with Gasteiger partial charge in [0.05, 0.1) is 31.5 Å². The molecule has 0 aliphatic carbocycles. The van der Waals surface area contributed by atoms with Crippen LogP contribution < -0.4 is 20.1 Å². The SMILES string of the molecule is CC(C)[C@@H](NC(=O)CN1CCC(C(=O)Nc2ccccc2O)CC1)c1ccc2c(c1)OCCCO2. The predicted octanol–water partition coefficient (Wildman–Crippen LogP) is 3.72. The maximum absolute atomic E-state index is 12.9. The summed E-state index contributed by atoms with van der Waals surface area (Å²) in [5.74, 6) is 1.46. The van der Waals surface area contributed by atoms with E-state index in [4.69, 9.17) is 9.47 Å². The van der Waals surface area contributed by atoms with Gasteiger partial charge in [-0.05, 0) is 61.7 Å². The molecule has 2 aliphatic rings. The summed E-state index contributed by atoms with van der Waals surface area (Å²) in [5, 5.41) is 15.9. The highest BCUT2D eigenvalue weighted by Crippen LogP contribution is 2.34. The maximum atomic E-state index is 12.9. The second kappa shape index (κ2) is 11.4. The summed E-state index contributed by atoms with van der Waals surface area (Å²) >= 11 is 0. The molecule has 0 spiro atoms. The summed E-state index contributed by atoms with van der Waals surface area (Å²) in [6.45, 7) is 7.07. The molecule has 0 aromatic heterocycles. The van der Waals surface area contributed by atoms with E-state index in [2.05, 4.69) is 29.4 Å². The lowest BCUT2D eigenvalue weighted by atomic mass is 9.95. The van der Waals surface area contributed by atoms with Gasteiger partial charge in [-0.3, -0.25) is 14.5 Å². The molecule has 0 bridgehead atoms. The van der Waals surface area contributed by atoms with Crippen LogP contribution in [0.25, 0.3) is 0 Å². The number of phenolic OH excluding ortho intramolecular Hbond substituents is 1. The highest BCUT2D eigenvalue weighted by Gasteiger charge is 2.27. The Morgan fingerprint density at radius 1 is 1.06 bits per heavy atom. The van der Waals surface area contributed by atoms with E-state index in [0.29, 0.717) is 51.4 Å². The van der Waals surface area contributed by atoms with Crippen molar-refractivity contribution in [2.75, 3.05) is 38.2 Å². The van der Waals surface area contributed by atoms with E-state index in [1.54, 1.807) is 24.3 Å². The third-order valence-corrected chi connectivity index (χ3v) is 6.60. The van der Waals surface area contributed by atoms with E-state index < -0.39 is 0 Å². The van der Waals surface area contributed by atoms with Gasteiger partial charge in [-0.1, -0.05) is 32.0 Å². The lowest BCUT2D eigenvalue weighted by molar-refractivity contribution is -0.124. The number of ether oxygens (including phenoxy) is 2. The molecule has 8 nitrogen and oxygen atoms in total. The van der Waals surface area contributed by atoms with Crippen LogP contribution in [0.4, 0.5) is 5.69 Å². The summed E-state index contributed by atoms with van der Waals surface area (Å²) in [5.41, 5.74) is 1.42. The number of nitrogens with one attached hydrogen (secondary N) is 2. The quantitative estimate of drug-likeness (QED) is 0.522. The fraction of sp³-hybridized carbons (Fsp3) is 0.481. The van der Waals surface area contributed by atoms with Gasteiger partial charge in [-0.2, -0.15) is 0 Å². The Morgan fingerprint density at radius 2 is 1.77 bits per heavy atom. The van der Waals surface area contributed by atoms with Gasteiger partial charge >= 0.3 is 0 Å². The summed E-state index contributed by atoms with van der Waals surface area (Å²) < 4.78 is 11.6. The number of hydrogen-bond donors (Lipinski definition) is 3. The molecule has 2 aromatic carbocycles. The van der Waals surface area contributed by atoms with Gasteiger partial charge < -0.3 is 25.2 Å². The summed E-state index contributed by atoms with van der Waals surface area (Å²) in [4.78, 5) is 27.6. The number of phenols is 1. The third kappa shape index (κ3) is 6.45. The molecule has 8 heteroatoms. The number of carbonyl (C=O) groups is 2. The Kier molecular flexibility index (Phi) is 8.13. The molecule has 1 fully saturated rings. The molecule has 1 atom stereocenters. The van der Waals surface area contributed by atoms with Gasteiger partial charge in [0.1, 0.15) is 5.75 Å². The predicted molar refractivity (Wildman–Crippen MR) is 134 cm³/mol.